The van der Waals surface area contributed by atoms with Crippen LogP contribution in [-0.2, 0) is 0 Å². The van der Waals surface area contributed by atoms with Gasteiger partial charge in [0.05, 0.1) is 29.8 Å². The second kappa shape index (κ2) is 5.92. The highest BCUT2D eigenvalue weighted by Gasteiger charge is 2.17. The summed E-state index contributed by atoms with van der Waals surface area (Å²) in [6.45, 7) is 5.24. The molecule has 2 aromatic carbocycles. The van der Waals surface area contributed by atoms with E-state index in [1.165, 1.54) is 0 Å². The highest BCUT2D eigenvalue weighted by Crippen LogP contribution is 2.41. The van der Waals surface area contributed by atoms with Crippen molar-refractivity contribution >= 4 is 10.9 Å². The zero-order valence-corrected chi connectivity index (χ0v) is 12.3. The van der Waals surface area contributed by atoms with Crippen LogP contribution in [0.1, 0.15) is 13.8 Å². The van der Waals surface area contributed by atoms with Crippen molar-refractivity contribution in [3.05, 3.63) is 48.5 Å². The van der Waals surface area contributed by atoms with Gasteiger partial charge in [0.25, 0.3) is 0 Å². The second-order valence-corrected chi connectivity index (χ2v) is 4.74. The highest BCUT2D eigenvalue weighted by molar-refractivity contribution is 5.98. The Morgan fingerprint density at radius 3 is 2.33 bits per heavy atom. The van der Waals surface area contributed by atoms with Gasteiger partial charge >= 0.3 is 0 Å². The van der Waals surface area contributed by atoms with Crippen molar-refractivity contribution in [2.45, 2.75) is 13.8 Å². The molecule has 3 rings (SSSR count). The fraction of sp³-hybridized carbons (Fsp3) is 0.222. The van der Waals surface area contributed by atoms with Gasteiger partial charge in [-0.2, -0.15) is 0 Å². The maximum absolute atomic E-state index is 5.92. The fourth-order valence-electron chi connectivity index (χ4n) is 2.56. The summed E-state index contributed by atoms with van der Waals surface area (Å²) in [6, 6.07) is 16.2. The van der Waals surface area contributed by atoms with Crippen LogP contribution >= 0.6 is 0 Å². The van der Waals surface area contributed by atoms with E-state index >= 15 is 0 Å². The van der Waals surface area contributed by atoms with E-state index in [-0.39, 0.29) is 0 Å². The van der Waals surface area contributed by atoms with Crippen LogP contribution in [0.25, 0.3) is 22.2 Å². The third-order valence-corrected chi connectivity index (χ3v) is 3.39. The molecule has 0 saturated heterocycles. The monoisotopic (exact) mass is 281 g/mol. The van der Waals surface area contributed by atoms with Crippen LogP contribution in [0.4, 0.5) is 0 Å². The summed E-state index contributed by atoms with van der Waals surface area (Å²) in [5.41, 5.74) is 3.14. The van der Waals surface area contributed by atoms with E-state index in [0.29, 0.717) is 13.2 Å². The smallest absolute Gasteiger partial charge is 0.156 e. The largest absolute Gasteiger partial charge is 0.493 e. The molecular formula is C18H19NO2. The van der Waals surface area contributed by atoms with Gasteiger partial charge in [0.2, 0.25) is 0 Å². The first kappa shape index (κ1) is 13.6. The molecule has 1 aromatic heterocycles. The molecule has 0 unspecified atom stereocenters. The molecule has 1 N–H and O–H groups in total. The summed E-state index contributed by atoms with van der Waals surface area (Å²) in [5.74, 6) is 1.72. The Bertz CT molecular complexity index is 732. The first-order valence-corrected chi connectivity index (χ1v) is 7.30. The summed E-state index contributed by atoms with van der Waals surface area (Å²) in [4.78, 5) is 3.46. The summed E-state index contributed by atoms with van der Waals surface area (Å²) in [6.07, 6.45) is 0. The minimum absolute atomic E-state index is 0.618. The van der Waals surface area contributed by atoms with Gasteiger partial charge in [-0.3, -0.25) is 0 Å². The number of benzene rings is 2. The first-order chi connectivity index (χ1) is 10.3. The Morgan fingerprint density at radius 2 is 1.62 bits per heavy atom. The van der Waals surface area contributed by atoms with Gasteiger partial charge in [0.1, 0.15) is 5.75 Å². The average Bonchev–Trinajstić information content (AvgIpc) is 2.89. The molecule has 0 bridgehead atoms. The quantitative estimate of drug-likeness (QED) is 0.739. The molecule has 0 atom stereocenters. The molecule has 0 aliphatic heterocycles. The third-order valence-electron chi connectivity index (χ3n) is 3.39. The van der Waals surface area contributed by atoms with Crippen molar-refractivity contribution in [1.82, 2.24) is 4.98 Å². The van der Waals surface area contributed by atoms with Crippen LogP contribution < -0.4 is 9.47 Å². The maximum Gasteiger partial charge on any atom is 0.156 e. The Kier molecular flexibility index (Phi) is 3.82. The predicted octanol–water partition coefficient (Wildman–Crippen LogP) is 4.63. The molecule has 1 heterocycles. The molecule has 0 spiro atoms. The maximum atomic E-state index is 5.92. The number of H-pyrrole nitrogens is 1. The van der Waals surface area contributed by atoms with Gasteiger partial charge in [-0.05, 0) is 26.0 Å². The van der Waals surface area contributed by atoms with Crippen molar-refractivity contribution in [2.75, 3.05) is 13.2 Å². The minimum atomic E-state index is 0.618. The van der Waals surface area contributed by atoms with E-state index in [4.69, 9.17) is 9.47 Å². The Hall–Kier alpha value is -2.42. The standard InChI is InChI=1S/C18H19NO2/c1-3-20-15-12-8-11-14-16(15)18(21-4-2)17(19-14)13-9-6-5-7-10-13/h5-12,19H,3-4H2,1-2H3. The number of hydrogen-bond acceptors (Lipinski definition) is 2. The molecule has 3 aromatic rings. The molecule has 21 heavy (non-hydrogen) atoms. The molecular weight excluding hydrogens is 262 g/mol. The van der Waals surface area contributed by atoms with Crippen LogP contribution in [-0.4, -0.2) is 18.2 Å². The molecule has 3 heteroatoms. The van der Waals surface area contributed by atoms with Crippen molar-refractivity contribution in [3.63, 3.8) is 0 Å². The number of nitrogens with one attached hydrogen (secondary N) is 1. The van der Waals surface area contributed by atoms with E-state index in [9.17, 15) is 0 Å². The number of aromatic amines is 1. The second-order valence-electron chi connectivity index (χ2n) is 4.74. The fourth-order valence-corrected chi connectivity index (χ4v) is 2.56. The molecule has 0 aliphatic carbocycles. The normalized spacial score (nSPS) is 10.8. The lowest BCUT2D eigenvalue weighted by atomic mass is 10.1. The van der Waals surface area contributed by atoms with Gasteiger partial charge in [-0.25, -0.2) is 0 Å². The summed E-state index contributed by atoms with van der Waals surface area (Å²) in [5, 5.41) is 1.01. The van der Waals surface area contributed by atoms with Crippen LogP contribution in [0.3, 0.4) is 0 Å². The van der Waals surface area contributed by atoms with E-state index in [0.717, 1.165) is 33.7 Å². The number of rotatable bonds is 5. The van der Waals surface area contributed by atoms with Gasteiger partial charge in [0, 0.05) is 5.56 Å². The van der Waals surface area contributed by atoms with E-state index in [1.807, 2.05) is 50.2 Å². The molecule has 108 valence electrons. The zero-order valence-electron chi connectivity index (χ0n) is 12.3. The first-order valence-electron chi connectivity index (χ1n) is 7.30. The number of fused-ring (bicyclic) bond motifs is 1. The molecule has 0 amide bonds. The molecule has 0 saturated carbocycles. The number of aromatic nitrogens is 1. The van der Waals surface area contributed by atoms with Crippen molar-refractivity contribution < 1.29 is 9.47 Å². The van der Waals surface area contributed by atoms with Crippen LogP contribution in [0.15, 0.2) is 48.5 Å². The lowest BCUT2D eigenvalue weighted by Gasteiger charge is -2.09. The minimum Gasteiger partial charge on any atom is -0.493 e. The van der Waals surface area contributed by atoms with Crippen LogP contribution in [0.5, 0.6) is 11.5 Å². The third kappa shape index (κ3) is 2.47. The molecule has 3 nitrogen and oxygen atoms in total. The zero-order chi connectivity index (χ0) is 14.7. The Balaban J connectivity index is 2.25. The van der Waals surface area contributed by atoms with Gasteiger partial charge in [0.15, 0.2) is 5.75 Å². The Labute approximate surface area is 124 Å². The van der Waals surface area contributed by atoms with Gasteiger partial charge in [-0.1, -0.05) is 36.4 Å². The van der Waals surface area contributed by atoms with E-state index < -0.39 is 0 Å². The summed E-state index contributed by atoms with van der Waals surface area (Å²) < 4.78 is 11.7. The molecule has 0 aliphatic rings. The van der Waals surface area contributed by atoms with Crippen molar-refractivity contribution in [1.29, 1.82) is 0 Å². The van der Waals surface area contributed by atoms with Crippen LogP contribution in [0.2, 0.25) is 0 Å². The lowest BCUT2D eigenvalue weighted by Crippen LogP contribution is -1.95. The summed E-state index contributed by atoms with van der Waals surface area (Å²) >= 11 is 0. The number of ether oxygens (including phenoxy) is 2. The van der Waals surface area contributed by atoms with Crippen LogP contribution in [0, 0.1) is 0 Å². The topological polar surface area (TPSA) is 34.2 Å². The number of hydrogen-bond donors (Lipinski definition) is 1. The van der Waals surface area contributed by atoms with E-state index in [2.05, 4.69) is 17.1 Å². The lowest BCUT2D eigenvalue weighted by molar-refractivity contribution is 0.333. The predicted molar refractivity (Wildman–Crippen MR) is 86.1 cm³/mol. The van der Waals surface area contributed by atoms with Gasteiger partial charge in [-0.15, -0.1) is 0 Å². The summed E-state index contributed by atoms with van der Waals surface area (Å²) in [7, 11) is 0. The SMILES string of the molecule is CCOc1cccc2[nH]c(-c3ccccc3)c(OCC)c12. The molecule has 0 fully saturated rings. The van der Waals surface area contributed by atoms with Crippen molar-refractivity contribution in [2.24, 2.45) is 0 Å². The Morgan fingerprint density at radius 1 is 0.857 bits per heavy atom. The van der Waals surface area contributed by atoms with Gasteiger partial charge < -0.3 is 14.5 Å². The highest BCUT2D eigenvalue weighted by atomic mass is 16.5. The average molecular weight is 281 g/mol. The van der Waals surface area contributed by atoms with E-state index in [1.54, 1.807) is 0 Å². The van der Waals surface area contributed by atoms with Crippen molar-refractivity contribution in [3.8, 4) is 22.8 Å². The molecule has 0 radical (unpaired) electrons.